The van der Waals surface area contributed by atoms with Gasteiger partial charge in [-0.05, 0) is 41.5 Å². The van der Waals surface area contributed by atoms with Gasteiger partial charge in [0.05, 0.1) is 22.7 Å². The largest absolute Gasteiger partial charge is 0.497 e. The number of aromatic nitrogens is 1. The molecule has 6 heteroatoms. The van der Waals surface area contributed by atoms with Crippen LogP contribution in [-0.4, -0.2) is 18.0 Å². The third kappa shape index (κ3) is 4.43. The first kappa shape index (κ1) is 21.3. The van der Waals surface area contributed by atoms with Crippen molar-refractivity contribution in [3.8, 4) is 5.75 Å². The van der Waals surface area contributed by atoms with Gasteiger partial charge < -0.3 is 10.1 Å². The summed E-state index contributed by atoms with van der Waals surface area (Å²) in [6.45, 7) is 3.92. The van der Waals surface area contributed by atoms with E-state index in [9.17, 15) is 4.79 Å². The molecule has 0 bridgehead atoms. The van der Waals surface area contributed by atoms with Gasteiger partial charge in [0.1, 0.15) is 5.75 Å². The van der Waals surface area contributed by atoms with Crippen molar-refractivity contribution in [2.75, 3.05) is 12.4 Å². The number of halogens is 1. The van der Waals surface area contributed by atoms with Crippen LogP contribution < -0.4 is 10.1 Å². The Morgan fingerprint density at radius 3 is 2.52 bits per heavy atom. The maximum Gasteiger partial charge on any atom is 0.232 e. The third-order valence-electron chi connectivity index (χ3n) is 5.44. The Bertz CT molecular complexity index is 1220. The molecule has 4 rings (SSSR count). The number of carbonyl (C=O) groups excluding carboxylic acids is 1. The number of fused-ring (bicyclic) bond motifs is 1. The topological polar surface area (TPSA) is 51.2 Å². The van der Waals surface area contributed by atoms with Gasteiger partial charge in [0, 0.05) is 10.9 Å². The molecule has 0 saturated heterocycles. The van der Waals surface area contributed by atoms with Crippen LogP contribution in [0.25, 0.3) is 10.2 Å². The molecule has 1 atom stereocenters. The lowest BCUT2D eigenvalue weighted by Gasteiger charge is -2.34. The average Bonchev–Trinajstić information content (AvgIpc) is 3.16. The van der Waals surface area contributed by atoms with E-state index in [4.69, 9.17) is 16.3 Å². The summed E-state index contributed by atoms with van der Waals surface area (Å²) in [6.07, 6.45) is 0. The predicted octanol–water partition coefficient (Wildman–Crippen LogP) is 6.76. The van der Waals surface area contributed by atoms with Crippen LogP contribution in [0.5, 0.6) is 5.75 Å². The number of methoxy groups -OCH3 is 1. The summed E-state index contributed by atoms with van der Waals surface area (Å²) < 4.78 is 6.37. The van der Waals surface area contributed by atoms with E-state index < -0.39 is 5.41 Å². The molecule has 31 heavy (non-hydrogen) atoms. The number of rotatable bonds is 6. The van der Waals surface area contributed by atoms with Crippen molar-refractivity contribution >= 4 is 44.2 Å². The molecular formula is C25H23ClN2O2S. The summed E-state index contributed by atoms with van der Waals surface area (Å²) in [5.41, 5.74) is 2.13. The molecule has 0 aliphatic rings. The van der Waals surface area contributed by atoms with Crippen molar-refractivity contribution in [1.82, 2.24) is 4.98 Å². The second-order valence-electron chi connectivity index (χ2n) is 7.93. The molecule has 0 aliphatic carbocycles. The number of hydrogen-bond donors (Lipinski definition) is 1. The van der Waals surface area contributed by atoms with Crippen LogP contribution in [0, 0.1) is 5.41 Å². The van der Waals surface area contributed by atoms with E-state index >= 15 is 0 Å². The molecule has 0 radical (unpaired) electrons. The van der Waals surface area contributed by atoms with E-state index in [1.54, 1.807) is 13.2 Å². The zero-order chi connectivity index (χ0) is 22.0. The monoisotopic (exact) mass is 450 g/mol. The summed E-state index contributed by atoms with van der Waals surface area (Å²) in [5.74, 6) is 0.486. The van der Waals surface area contributed by atoms with Crippen LogP contribution in [-0.2, 0) is 4.79 Å². The lowest BCUT2D eigenvalue weighted by Crippen LogP contribution is -2.37. The van der Waals surface area contributed by atoms with Gasteiger partial charge in [-0.1, -0.05) is 79.2 Å². The van der Waals surface area contributed by atoms with E-state index in [2.05, 4.69) is 22.4 Å². The first-order chi connectivity index (χ1) is 14.9. The fourth-order valence-electron chi connectivity index (χ4n) is 3.83. The summed E-state index contributed by atoms with van der Waals surface area (Å²) in [7, 11) is 1.65. The van der Waals surface area contributed by atoms with Crippen LogP contribution in [0.2, 0.25) is 5.02 Å². The van der Waals surface area contributed by atoms with Crippen molar-refractivity contribution in [1.29, 1.82) is 0 Å². The summed E-state index contributed by atoms with van der Waals surface area (Å²) >= 11 is 7.51. The van der Waals surface area contributed by atoms with Gasteiger partial charge in [-0.2, -0.15) is 0 Å². The Morgan fingerprint density at radius 1 is 1.03 bits per heavy atom. The Balaban J connectivity index is 1.70. The number of nitrogens with one attached hydrogen (secondary N) is 1. The Hall–Kier alpha value is -2.89. The minimum atomic E-state index is -0.761. The first-order valence-corrected chi connectivity index (χ1v) is 11.1. The van der Waals surface area contributed by atoms with E-state index in [1.165, 1.54) is 11.3 Å². The number of carbonyl (C=O) groups is 1. The van der Waals surface area contributed by atoms with Crippen LogP contribution in [0.4, 0.5) is 5.13 Å². The van der Waals surface area contributed by atoms with Crippen LogP contribution in [0.3, 0.4) is 0 Å². The van der Waals surface area contributed by atoms with E-state index in [0.717, 1.165) is 27.1 Å². The lowest BCUT2D eigenvalue weighted by atomic mass is 9.70. The maximum absolute atomic E-state index is 13.5. The fourth-order valence-corrected chi connectivity index (χ4v) is 4.97. The van der Waals surface area contributed by atoms with Crippen LogP contribution >= 0.6 is 22.9 Å². The second kappa shape index (κ2) is 8.69. The zero-order valence-corrected chi connectivity index (χ0v) is 19.1. The van der Waals surface area contributed by atoms with Gasteiger partial charge in [0.25, 0.3) is 0 Å². The smallest absolute Gasteiger partial charge is 0.232 e. The highest BCUT2D eigenvalue weighted by Crippen LogP contribution is 2.43. The summed E-state index contributed by atoms with van der Waals surface area (Å²) in [6, 6.07) is 23.5. The molecule has 1 amide bonds. The summed E-state index contributed by atoms with van der Waals surface area (Å²) in [4.78, 5) is 18.1. The number of nitrogens with zero attached hydrogens (tertiary/aromatic N) is 1. The lowest BCUT2D eigenvalue weighted by molar-refractivity contribution is -0.124. The number of anilines is 1. The molecule has 158 valence electrons. The molecular weight excluding hydrogens is 428 g/mol. The van der Waals surface area contributed by atoms with Gasteiger partial charge in [0.2, 0.25) is 5.91 Å². The molecule has 0 aliphatic heterocycles. The molecule has 1 aromatic heterocycles. The Morgan fingerprint density at radius 2 is 1.77 bits per heavy atom. The first-order valence-electron chi connectivity index (χ1n) is 9.95. The fraction of sp³-hybridized carbons (Fsp3) is 0.200. The Kier molecular flexibility index (Phi) is 5.99. The number of benzene rings is 3. The highest BCUT2D eigenvalue weighted by atomic mass is 35.5. The van der Waals surface area contributed by atoms with Crippen LogP contribution in [0.1, 0.15) is 30.9 Å². The highest BCUT2D eigenvalue weighted by Gasteiger charge is 2.39. The van der Waals surface area contributed by atoms with Gasteiger partial charge >= 0.3 is 0 Å². The Labute approximate surface area is 190 Å². The van der Waals surface area contributed by atoms with E-state index in [1.807, 2.05) is 68.4 Å². The van der Waals surface area contributed by atoms with Gasteiger partial charge in [-0.15, -0.1) is 0 Å². The maximum atomic E-state index is 13.5. The number of hydrogen-bond acceptors (Lipinski definition) is 4. The SMILES string of the molecule is COc1cccc(C(c2ccccc2)C(C)(C)C(=O)Nc2nc3ccc(Cl)cc3s2)c1. The molecule has 3 aromatic carbocycles. The normalized spacial score (nSPS) is 12.5. The number of amides is 1. The molecule has 1 heterocycles. The number of thiazole rings is 1. The van der Waals surface area contributed by atoms with Gasteiger partial charge in [-0.3, -0.25) is 4.79 Å². The van der Waals surface area contributed by atoms with Gasteiger partial charge in [0.15, 0.2) is 5.13 Å². The second-order valence-corrected chi connectivity index (χ2v) is 9.39. The van der Waals surface area contributed by atoms with E-state index in [-0.39, 0.29) is 11.8 Å². The van der Waals surface area contributed by atoms with E-state index in [0.29, 0.717) is 10.2 Å². The van der Waals surface area contributed by atoms with Gasteiger partial charge in [-0.25, -0.2) is 4.98 Å². The zero-order valence-electron chi connectivity index (χ0n) is 17.6. The molecule has 4 nitrogen and oxygen atoms in total. The van der Waals surface area contributed by atoms with Crippen LogP contribution in [0.15, 0.2) is 72.8 Å². The van der Waals surface area contributed by atoms with Crippen molar-refractivity contribution in [2.24, 2.45) is 5.41 Å². The predicted molar refractivity (Wildman–Crippen MR) is 128 cm³/mol. The minimum Gasteiger partial charge on any atom is -0.497 e. The molecule has 1 unspecified atom stereocenters. The molecule has 0 fully saturated rings. The molecule has 1 N–H and O–H groups in total. The van der Waals surface area contributed by atoms with Crippen molar-refractivity contribution < 1.29 is 9.53 Å². The quantitative estimate of drug-likeness (QED) is 0.353. The highest BCUT2D eigenvalue weighted by molar-refractivity contribution is 7.22. The average molecular weight is 451 g/mol. The standard InChI is InChI=1S/C25H23ClN2O2S/c1-25(2,23(29)28-24-27-20-13-12-18(26)15-21(20)31-24)22(16-8-5-4-6-9-16)17-10-7-11-19(14-17)30-3/h4-15,22H,1-3H3,(H,27,28,29). The van der Waals surface area contributed by atoms with Crippen molar-refractivity contribution in [2.45, 2.75) is 19.8 Å². The number of ether oxygens (including phenoxy) is 1. The molecule has 4 aromatic rings. The summed E-state index contributed by atoms with van der Waals surface area (Å²) in [5, 5.41) is 4.25. The molecule has 0 spiro atoms. The molecule has 0 saturated carbocycles. The third-order valence-corrected chi connectivity index (χ3v) is 6.61. The van der Waals surface area contributed by atoms with Crippen molar-refractivity contribution in [3.63, 3.8) is 0 Å². The van der Waals surface area contributed by atoms with Crippen molar-refractivity contribution in [3.05, 3.63) is 88.9 Å². The minimum absolute atomic E-state index is 0.102.